The summed E-state index contributed by atoms with van der Waals surface area (Å²) < 4.78 is 0. The van der Waals surface area contributed by atoms with Crippen LogP contribution in [0.2, 0.25) is 0 Å². The number of carbonyl (C=O) groups excluding carboxylic acids is 1. The van der Waals surface area contributed by atoms with Crippen molar-refractivity contribution in [2.24, 2.45) is 5.90 Å². The van der Waals surface area contributed by atoms with Crippen molar-refractivity contribution >= 4 is 57.4 Å². The van der Waals surface area contributed by atoms with Gasteiger partial charge >= 0.3 is 5.97 Å². The molecule has 0 bridgehead atoms. The number of benzene rings is 1. The van der Waals surface area contributed by atoms with Gasteiger partial charge in [0.15, 0.2) is 0 Å². The second-order valence-corrected chi connectivity index (χ2v) is 1.77. The second kappa shape index (κ2) is 5.88. The van der Waals surface area contributed by atoms with E-state index < -0.39 is 5.97 Å². The predicted molar refractivity (Wildman–Crippen MR) is 41.8 cm³/mol. The van der Waals surface area contributed by atoms with E-state index in [0.29, 0.717) is 5.56 Å². The normalized spacial score (nSPS) is 8.09. The van der Waals surface area contributed by atoms with Gasteiger partial charge in [-0.25, -0.2) is 4.79 Å². The molecule has 0 aliphatic heterocycles. The first-order valence-corrected chi connectivity index (χ1v) is 2.80. The SMILES string of the molecule is NOC(=O)c1ccccc1.[K]. The maximum Gasteiger partial charge on any atom is 0.356 e. The molecule has 0 aliphatic rings. The molecule has 0 spiro atoms. The van der Waals surface area contributed by atoms with Crippen molar-refractivity contribution < 1.29 is 9.63 Å². The maximum absolute atomic E-state index is 10.7. The maximum atomic E-state index is 10.7. The van der Waals surface area contributed by atoms with Crippen LogP contribution in [0.4, 0.5) is 0 Å². The first kappa shape index (κ1) is 11.3. The Morgan fingerprint density at radius 1 is 1.27 bits per heavy atom. The third-order valence-electron chi connectivity index (χ3n) is 1.12. The van der Waals surface area contributed by atoms with Gasteiger partial charge in [0.1, 0.15) is 0 Å². The Kier molecular flexibility index (Phi) is 6.03. The van der Waals surface area contributed by atoms with Gasteiger partial charge in [-0.15, -0.1) is 0 Å². The minimum Gasteiger partial charge on any atom is -0.370 e. The third kappa shape index (κ3) is 3.46. The van der Waals surface area contributed by atoms with Crippen molar-refractivity contribution in [3.8, 4) is 0 Å². The number of nitrogens with two attached hydrogens (primary N) is 1. The minimum absolute atomic E-state index is 0. The second-order valence-electron chi connectivity index (χ2n) is 1.77. The fourth-order valence-corrected chi connectivity index (χ4v) is 0.642. The Labute approximate surface area is 107 Å². The van der Waals surface area contributed by atoms with Gasteiger partial charge in [0.05, 0.1) is 5.56 Å². The fourth-order valence-electron chi connectivity index (χ4n) is 0.642. The summed E-state index contributed by atoms with van der Waals surface area (Å²) in [4.78, 5) is 14.7. The van der Waals surface area contributed by atoms with Crippen LogP contribution in [-0.2, 0) is 4.84 Å². The van der Waals surface area contributed by atoms with Gasteiger partial charge < -0.3 is 4.84 Å². The van der Waals surface area contributed by atoms with Gasteiger partial charge in [-0.05, 0) is 12.1 Å². The van der Waals surface area contributed by atoms with Crippen LogP contribution in [0.1, 0.15) is 10.4 Å². The summed E-state index contributed by atoms with van der Waals surface area (Å²) in [7, 11) is 0. The van der Waals surface area contributed by atoms with Crippen LogP contribution in [0.5, 0.6) is 0 Å². The van der Waals surface area contributed by atoms with Crippen molar-refractivity contribution in [2.75, 3.05) is 0 Å². The molecule has 0 aliphatic carbocycles. The van der Waals surface area contributed by atoms with E-state index in [1.165, 1.54) is 0 Å². The molecule has 0 heterocycles. The Morgan fingerprint density at radius 2 is 1.82 bits per heavy atom. The Hall–Kier alpha value is 0.286. The van der Waals surface area contributed by atoms with E-state index in [4.69, 9.17) is 0 Å². The van der Waals surface area contributed by atoms with E-state index in [9.17, 15) is 4.79 Å². The average molecular weight is 176 g/mol. The summed E-state index contributed by atoms with van der Waals surface area (Å²) in [6, 6.07) is 8.57. The van der Waals surface area contributed by atoms with Crippen LogP contribution in [-0.4, -0.2) is 57.4 Å². The summed E-state index contributed by atoms with van der Waals surface area (Å²) in [5.41, 5.74) is 0.463. The molecule has 0 saturated carbocycles. The van der Waals surface area contributed by atoms with Gasteiger partial charge in [0, 0.05) is 51.4 Å². The Balaban J connectivity index is 0.000001000. The Bertz CT molecular complexity index is 225. The summed E-state index contributed by atoms with van der Waals surface area (Å²) in [6.45, 7) is 0. The molecule has 0 atom stereocenters. The van der Waals surface area contributed by atoms with Crippen molar-refractivity contribution in [3.05, 3.63) is 35.9 Å². The summed E-state index contributed by atoms with van der Waals surface area (Å²) in [6.07, 6.45) is 0. The predicted octanol–water partition coefficient (Wildman–Crippen LogP) is 0.336. The molecule has 0 amide bonds. The fraction of sp³-hybridized carbons (Fsp3) is 0. The monoisotopic (exact) mass is 176 g/mol. The zero-order valence-electron chi connectivity index (χ0n) is 6.28. The van der Waals surface area contributed by atoms with E-state index in [2.05, 4.69) is 10.7 Å². The van der Waals surface area contributed by atoms with Crippen molar-refractivity contribution in [1.82, 2.24) is 0 Å². The van der Waals surface area contributed by atoms with Crippen molar-refractivity contribution in [2.45, 2.75) is 0 Å². The molecule has 1 aromatic rings. The van der Waals surface area contributed by atoms with E-state index in [-0.39, 0.29) is 51.4 Å². The minimum atomic E-state index is -0.513. The molecule has 11 heavy (non-hydrogen) atoms. The summed E-state index contributed by atoms with van der Waals surface area (Å²) in [5.74, 6) is 4.14. The van der Waals surface area contributed by atoms with Crippen LogP contribution in [0.3, 0.4) is 0 Å². The van der Waals surface area contributed by atoms with Gasteiger partial charge in [-0.1, -0.05) is 18.2 Å². The number of rotatable bonds is 1. The standard InChI is InChI=1S/C7H7NO2.K/c8-10-7(9)6-4-2-1-3-5-6;/h1-5H,8H2;. The third-order valence-corrected chi connectivity index (χ3v) is 1.12. The first-order chi connectivity index (χ1) is 4.84. The molecule has 2 N–H and O–H groups in total. The van der Waals surface area contributed by atoms with Crippen LogP contribution in [0, 0.1) is 0 Å². The van der Waals surface area contributed by atoms with Gasteiger partial charge in [-0.3, -0.25) is 0 Å². The molecule has 0 saturated heterocycles. The molecule has 0 unspecified atom stereocenters. The Morgan fingerprint density at radius 3 is 2.27 bits per heavy atom. The smallest absolute Gasteiger partial charge is 0.356 e. The molecular formula is C7H7KNO2. The summed E-state index contributed by atoms with van der Waals surface area (Å²) in [5, 5.41) is 0. The number of hydrogen-bond acceptors (Lipinski definition) is 3. The van der Waals surface area contributed by atoms with Gasteiger partial charge in [-0.2, -0.15) is 5.90 Å². The van der Waals surface area contributed by atoms with Crippen LogP contribution >= 0.6 is 0 Å². The van der Waals surface area contributed by atoms with Crippen LogP contribution in [0.15, 0.2) is 30.3 Å². The van der Waals surface area contributed by atoms with Crippen molar-refractivity contribution in [3.63, 3.8) is 0 Å². The van der Waals surface area contributed by atoms with Crippen LogP contribution < -0.4 is 5.90 Å². The largest absolute Gasteiger partial charge is 0.370 e. The molecular weight excluding hydrogens is 169 g/mol. The molecule has 1 aromatic carbocycles. The number of carbonyl (C=O) groups is 1. The number of hydrogen-bond donors (Lipinski definition) is 1. The quantitative estimate of drug-likeness (QED) is 0.496. The van der Waals surface area contributed by atoms with Gasteiger partial charge in [0.25, 0.3) is 0 Å². The molecule has 4 heteroatoms. The van der Waals surface area contributed by atoms with Gasteiger partial charge in [0.2, 0.25) is 0 Å². The van der Waals surface area contributed by atoms with E-state index in [1.54, 1.807) is 24.3 Å². The molecule has 53 valence electrons. The van der Waals surface area contributed by atoms with E-state index in [0.717, 1.165) is 0 Å². The molecule has 0 fully saturated rings. The van der Waals surface area contributed by atoms with E-state index >= 15 is 0 Å². The summed E-state index contributed by atoms with van der Waals surface area (Å²) >= 11 is 0. The zero-order chi connectivity index (χ0) is 7.40. The molecule has 0 aromatic heterocycles. The topological polar surface area (TPSA) is 52.3 Å². The zero-order valence-corrected chi connectivity index (χ0v) is 9.40. The first-order valence-electron chi connectivity index (χ1n) is 2.80. The van der Waals surface area contributed by atoms with Crippen molar-refractivity contribution in [1.29, 1.82) is 0 Å². The van der Waals surface area contributed by atoms with E-state index in [1.807, 2.05) is 6.07 Å². The molecule has 1 radical (unpaired) electrons. The molecule has 3 nitrogen and oxygen atoms in total. The molecule has 1 rings (SSSR count). The average Bonchev–Trinajstić information content (AvgIpc) is 2.05. The van der Waals surface area contributed by atoms with Crippen LogP contribution in [0.25, 0.3) is 0 Å².